The highest BCUT2D eigenvalue weighted by atomic mass is 16.5. The number of carbonyl (C=O) groups excluding carboxylic acids is 1. The molecular weight excluding hydrogens is 278 g/mol. The van der Waals surface area contributed by atoms with Gasteiger partial charge in [0, 0.05) is 51.4 Å². The van der Waals surface area contributed by atoms with E-state index < -0.39 is 0 Å². The van der Waals surface area contributed by atoms with Crippen LogP contribution in [0.25, 0.3) is 0 Å². The Hall–Kier alpha value is -1.43. The molecule has 0 unspecified atom stereocenters. The molecule has 1 amide bonds. The van der Waals surface area contributed by atoms with Gasteiger partial charge in [-0.05, 0) is 19.1 Å². The number of hydrogen-bond acceptors (Lipinski definition) is 4. The Morgan fingerprint density at radius 1 is 1.23 bits per heavy atom. The molecular formula is C17H27N3O2. The van der Waals surface area contributed by atoms with Gasteiger partial charge in [-0.25, -0.2) is 0 Å². The summed E-state index contributed by atoms with van der Waals surface area (Å²) in [5.74, 6) is 0.174. The van der Waals surface area contributed by atoms with Gasteiger partial charge in [0.05, 0.1) is 13.2 Å². The number of rotatable bonds is 8. The summed E-state index contributed by atoms with van der Waals surface area (Å²) in [5.41, 5.74) is 0.975. The molecule has 1 fully saturated rings. The minimum absolute atomic E-state index is 0.174. The smallest absolute Gasteiger partial charge is 0.228 e. The zero-order valence-electron chi connectivity index (χ0n) is 13.5. The first-order valence-corrected chi connectivity index (χ1v) is 8.17. The summed E-state index contributed by atoms with van der Waals surface area (Å²) in [6.45, 7) is 9.08. The lowest BCUT2D eigenvalue weighted by atomic mass is 10.2. The third-order valence-corrected chi connectivity index (χ3v) is 3.91. The van der Waals surface area contributed by atoms with Crippen LogP contribution in [0.4, 0.5) is 5.69 Å². The molecule has 1 aliphatic heterocycles. The van der Waals surface area contributed by atoms with Crippen LogP contribution in [0.1, 0.15) is 13.3 Å². The van der Waals surface area contributed by atoms with E-state index in [-0.39, 0.29) is 5.91 Å². The number of hydrogen-bond donors (Lipinski definition) is 1. The van der Waals surface area contributed by atoms with Gasteiger partial charge in [-0.3, -0.25) is 9.69 Å². The number of anilines is 1. The Balaban J connectivity index is 1.64. The number of ether oxygens (including phenoxy) is 1. The van der Waals surface area contributed by atoms with Crippen LogP contribution in [0.3, 0.4) is 0 Å². The molecule has 1 aromatic rings. The molecule has 2 rings (SSSR count). The topological polar surface area (TPSA) is 44.8 Å². The molecule has 22 heavy (non-hydrogen) atoms. The van der Waals surface area contributed by atoms with Gasteiger partial charge in [0.1, 0.15) is 0 Å². The highest BCUT2D eigenvalue weighted by Gasteiger charge is 2.13. The van der Waals surface area contributed by atoms with E-state index in [1.54, 1.807) is 0 Å². The van der Waals surface area contributed by atoms with E-state index in [1.807, 2.05) is 42.2 Å². The van der Waals surface area contributed by atoms with Crippen molar-refractivity contribution in [2.45, 2.75) is 13.3 Å². The first kappa shape index (κ1) is 16.9. The van der Waals surface area contributed by atoms with E-state index in [2.05, 4.69) is 10.2 Å². The first-order valence-electron chi connectivity index (χ1n) is 8.17. The lowest BCUT2D eigenvalue weighted by Gasteiger charge is -2.26. The Morgan fingerprint density at radius 2 is 1.95 bits per heavy atom. The van der Waals surface area contributed by atoms with Gasteiger partial charge in [-0.2, -0.15) is 0 Å². The van der Waals surface area contributed by atoms with Crippen molar-refractivity contribution < 1.29 is 9.53 Å². The largest absolute Gasteiger partial charge is 0.379 e. The van der Waals surface area contributed by atoms with Gasteiger partial charge >= 0.3 is 0 Å². The molecule has 0 spiro atoms. The van der Waals surface area contributed by atoms with Gasteiger partial charge in [0.2, 0.25) is 5.91 Å². The number of benzene rings is 1. The molecule has 1 heterocycles. The van der Waals surface area contributed by atoms with Crippen molar-refractivity contribution in [1.82, 2.24) is 10.2 Å². The monoisotopic (exact) mass is 305 g/mol. The van der Waals surface area contributed by atoms with Crippen molar-refractivity contribution in [3.63, 3.8) is 0 Å². The minimum Gasteiger partial charge on any atom is -0.379 e. The Kier molecular flexibility index (Phi) is 7.36. The lowest BCUT2D eigenvalue weighted by Crippen LogP contribution is -2.41. The minimum atomic E-state index is 0.174. The highest BCUT2D eigenvalue weighted by molar-refractivity contribution is 5.93. The summed E-state index contributed by atoms with van der Waals surface area (Å²) in [5, 5.41) is 3.36. The summed E-state index contributed by atoms with van der Waals surface area (Å²) in [4.78, 5) is 16.5. The Labute approximate surface area is 133 Å². The van der Waals surface area contributed by atoms with E-state index in [1.165, 1.54) is 0 Å². The molecule has 1 saturated heterocycles. The first-order chi connectivity index (χ1) is 10.8. The second kappa shape index (κ2) is 9.56. The summed E-state index contributed by atoms with van der Waals surface area (Å²) < 4.78 is 5.33. The quantitative estimate of drug-likeness (QED) is 0.737. The predicted octanol–water partition coefficient (Wildman–Crippen LogP) is 1.35. The standard InChI is InChI=1S/C17H27N3O2/c1-2-20(16-6-4-3-5-7-16)17(21)8-9-18-10-11-19-12-14-22-15-13-19/h3-7,18H,2,8-15H2,1H3. The van der Waals surface area contributed by atoms with Gasteiger partial charge in [-0.15, -0.1) is 0 Å². The molecule has 1 aromatic carbocycles. The van der Waals surface area contributed by atoms with Gasteiger partial charge < -0.3 is 15.0 Å². The van der Waals surface area contributed by atoms with Crippen LogP contribution in [-0.2, 0) is 9.53 Å². The second-order valence-electron chi connectivity index (χ2n) is 5.43. The van der Waals surface area contributed by atoms with Crippen molar-refractivity contribution in [1.29, 1.82) is 0 Å². The molecule has 122 valence electrons. The number of nitrogens with zero attached hydrogens (tertiary/aromatic N) is 2. The van der Waals surface area contributed by atoms with E-state index >= 15 is 0 Å². The van der Waals surface area contributed by atoms with Crippen LogP contribution in [-0.4, -0.2) is 63.3 Å². The molecule has 5 heteroatoms. The third kappa shape index (κ3) is 5.40. The average molecular weight is 305 g/mol. The van der Waals surface area contributed by atoms with Crippen molar-refractivity contribution >= 4 is 11.6 Å². The highest BCUT2D eigenvalue weighted by Crippen LogP contribution is 2.13. The Bertz CT molecular complexity index is 433. The molecule has 0 radical (unpaired) electrons. The maximum Gasteiger partial charge on any atom is 0.228 e. The molecule has 0 atom stereocenters. The fourth-order valence-electron chi connectivity index (χ4n) is 2.63. The van der Waals surface area contributed by atoms with Crippen LogP contribution in [0.5, 0.6) is 0 Å². The SMILES string of the molecule is CCN(C(=O)CCNCCN1CCOCC1)c1ccccc1. The van der Waals surface area contributed by atoms with Crippen molar-refractivity contribution in [2.24, 2.45) is 0 Å². The summed E-state index contributed by atoms with van der Waals surface area (Å²) in [7, 11) is 0. The van der Waals surface area contributed by atoms with E-state index in [0.717, 1.165) is 51.6 Å². The van der Waals surface area contributed by atoms with E-state index in [0.29, 0.717) is 13.0 Å². The zero-order chi connectivity index (χ0) is 15.6. The maximum atomic E-state index is 12.3. The van der Waals surface area contributed by atoms with Crippen LogP contribution in [0.2, 0.25) is 0 Å². The number of amides is 1. The number of morpholine rings is 1. The van der Waals surface area contributed by atoms with Crippen molar-refractivity contribution in [2.75, 3.05) is 57.4 Å². The average Bonchev–Trinajstić information content (AvgIpc) is 2.57. The van der Waals surface area contributed by atoms with E-state index in [9.17, 15) is 4.79 Å². The fraction of sp³-hybridized carbons (Fsp3) is 0.588. The molecule has 1 aliphatic rings. The predicted molar refractivity (Wildman–Crippen MR) is 89.2 cm³/mol. The Morgan fingerprint density at radius 3 is 2.64 bits per heavy atom. The number of nitrogens with one attached hydrogen (secondary N) is 1. The van der Waals surface area contributed by atoms with Crippen molar-refractivity contribution in [3.05, 3.63) is 30.3 Å². The van der Waals surface area contributed by atoms with E-state index in [4.69, 9.17) is 4.74 Å². The van der Waals surface area contributed by atoms with Crippen LogP contribution in [0.15, 0.2) is 30.3 Å². The normalized spacial score (nSPS) is 15.7. The third-order valence-electron chi connectivity index (χ3n) is 3.91. The molecule has 0 bridgehead atoms. The van der Waals surface area contributed by atoms with Gasteiger partial charge in [0.25, 0.3) is 0 Å². The van der Waals surface area contributed by atoms with Crippen molar-refractivity contribution in [3.8, 4) is 0 Å². The molecule has 0 saturated carbocycles. The summed E-state index contributed by atoms with van der Waals surface area (Å²) >= 11 is 0. The fourth-order valence-corrected chi connectivity index (χ4v) is 2.63. The van der Waals surface area contributed by atoms with Gasteiger partial charge in [-0.1, -0.05) is 18.2 Å². The summed E-state index contributed by atoms with van der Waals surface area (Å²) in [6, 6.07) is 9.85. The lowest BCUT2D eigenvalue weighted by molar-refractivity contribution is -0.118. The number of carbonyl (C=O) groups is 1. The molecule has 0 aliphatic carbocycles. The van der Waals surface area contributed by atoms with Crippen LogP contribution >= 0.6 is 0 Å². The van der Waals surface area contributed by atoms with Crippen LogP contribution < -0.4 is 10.2 Å². The maximum absolute atomic E-state index is 12.3. The summed E-state index contributed by atoms with van der Waals surface area (Å²) in [6.07, 6.45) is 0.534. The zero-order valence-corrected chi connectivity index (χ0v) is 13.5. The molecule has 1 N–H and O–H groups in total. The molecule has 5 nitrogen and oxygen atoms in total. The second-order valence-corrected chi connectivity index (χ2v) is 5.43. The number of para-hydroxylation sites is 1. The van der Waals surface area contributed by atoms with Gasteiger partial charge in [0.15, 0.2) is 0 Å². The van der Waals surface area contributed by atoms with Crippen LogP contribution in [0, 0.1) is 0 Å². The molecule has 0 aromatic heterocycles.